The molecule has 0 saturated heterocycles. The molecule has 0 saturated carbocycles. The summed E-state index contributed by atoms with van der Waals surface area (Å²) in [7, 11) is 0. The maximum atomic E-state index is 12.6. The summed E-state index contributed by atoms with van der Waals surface area (Å²) in [6, 6.07) is 14.3. The summed E-state index contributed by atoms with van der Waals surface area (Å²) in [4.78, 5) is 14.5. The van der Waals surface area contributed by atoms with Crippen LogP contribution in [-0.4, -0.2) is 23.5 Å². The van der Waals surface area contributed by atoms with Gasteiger partial charge in [-0.2, -0.15) is 0 Å². The molecule has 0 bridgehead atoms. The van der Waals surface area contributed by atoms with E-state index in [1.165, 1.54) is 11.1 Å². The second-order valence-corrected chi connectivity index (χ2v) is 6.59. The van der Waals surface area contributed by atoms with Crippen molar-refractivity contribution in [2.24, 2.45) is 0 Å². The highest BCUT2D eigenvalue weighted by Gasteiger charge is 2.18. The quantitative estimate of drug-likeness (QED) is 0.786. The van der Waals surface area contributed by atoms with Gasteiger partial charge in [0.25, 0.3) is 5.91 Å². The van der Waals surface area contributed by atoms with Gasteiger partial charge >= 0.3 is 0 Å². The van der Waals surface area contributed by atoms with Crippen molar-refractivity contribution in [2.45, 2.75) is 47.2 Å². The first kappa shape index (κ1) is 18.1. The van der Waals surface area contributed by atoms with E-state index in [-0.39, 0.29) is 18.6 Å². The van der Waals surface area contributed by atoms with Crippen LogP contribution in [0.25, 0.3) is 0 Å². The van der Waals surface area contributed by atoms with Crippen LogP contribution < -0.4 is 4.74 Å². The van der Waals surface area contributed by atoms with Gasteiger partial charge in [0.2, 0.25) is 0 Å². The van der Waals surface area contributed by atoms with E-state index < -0.39 is 0 Å². The molecule has 0 unspecified atom stereocenters. The Hall–Kier alpha value is -2.29. The molecule has 3 heteroatoms. The van der Waals surface area contributed by atoms with Gasteiger partial charge in [-0.05, 0) is 62.9 Å². The summed E-state index contributed by atoms with van der Waals surface area (Å²) in [6.07, 6.45) is 0. The van der Waals surface area contributed by atoms with E-state index in [9.17, 15) is 4.79 Å². The van der Waals surface area contributed by atoms with Crippen LogP contribution in [0.3, 0.4) is 0 Å². The third kappa shape index (κ3) is 4.60. The lowest BCUT2D eigenvalue weighted by Crippen LogP contribution is -2.39. The van der Waals surface area contributed by atoms with Crippen molar-refractivity contribution in [3.63, 3.8) is 0 Å². The maximum Gasteiger partial charge on any atom is 0.261 e. The van der Waals surface area contributed by atoms with E-state index in [1.807, 2.05) is 62.1 Å². The molecule has 0 radical (unpaired) electrons. The summed E-state index contributed by atoms with van der Waals surface area (Å²) in [5.74, 6) is 0.793. The number of nitrogens with zero attached hydrogens (tertiary/aromatic N) is 1. The van der Waals surface area contributed by atoms with Crippen molar-refractivity contribution < 1.29 is 9.53 Å². The molecule has 0 spiro atoms. The third-order valence-electron chi connectivity index (χ3n) is 4.28. The highest BCUT2D eigenvalue weighted by atomic mass is 16.5. The molecule has 0 aromatic heterocycles. The van der Waals surface area contributed by atoms with Gasteiger partial charge in [0.05, 0.1) is 0 Å². The monoisotopic (exact) mass is 325 g/mol. The number of rotatable bonds is 6. The van der Waals surface area contributed by atoms with E-state index >= 15 is 0 Å². The minimum atomic E-state index is 0.00600. The van der Waals surface area contributed by atoms with Crippen LogP contribution in [0, 0.1) is 20.8 Å². The molecular weight excluding hydrogens is 298 g/mol. The van der Waals surface area contributed by atoms with Gasteiger partial charge in [0, 0.05) is 12.6 Å². The molecule has 3 nitrogen and oxygen atoms in total. The summed E-state index contributed by atoms with van der Waals surface area (Å²) in [6.45, 7) is 10.9. The number of ether oxygens (including phenoxy) is 1. The molecule has 2 aromatic rings. The number of aryl methyl sites for hydroxylation is 3. The molecule has 2 rings (SSSR count). The van der Waals surface area contributed by atoms with Gasteiger partial charge in [0.1, 0.15) is 5.75 Å². The third-order valence-corrected chi connectivity index (χ3v) is 4.28. The Balaban J connectivity index is 2.05. The fourth-order valence-electron chi connectivity index (χ4n) is 2.65. The maximum absolute atomic E-state index is 12.6. The fraction of sp³-hybridized carbons (Fsp3) is 0.381. The van der Waals surface area contributed by atoms with Crippen molar-refractivity contribution >= 4 is 5.91 Å². The molecule has 0 heterocycles. The molecule has 1 amide bonds. The second-order valence-electron chi connectivity index (χ2n) is 6.59. The van der Waals surface area contributed by atoms with Gasteiger partial charge < -0.3 is 9.64 Å². The zero-order valence-electron chi connectivity index (χ0n) is 15.3. The van der Waals surface area contributed by atoms with Crippen LogP contribution in [0.15, 0.2) is 42.5 Å². The standard InChI is InChI=1S/C21H27NO2/c1-15(2)22(13-19-9-7-6-8-10-19)21(23)14-24-20-12-17(4)16(3)11-18(20)5/h6-12,15H,13-14H2,1-5H3. The fourth-order valence-corrected chi connectivity index (χ4v) is 2.65. The largest absolute Gasteiger partial charge is 0.483 e. The lowest BCUT2D eigenvalue weighted by Gasteiger charge is -2.27. The van der Waals surface area contributed by atoms with Crippen molar-refractivity contribution in [1.29, 1.82) is 0 Å². The van der Waals surface area contributed by atoms with Gasteiger partial charge in [-0.3, -0.25) is 4.79 Å². The summed E-state index contributed by atoms with van der Waals surface area (Å²) in [5, 5.41) is 0. The predicted octanol–water partition coefficient (Wildman–Crippen LogP) is 4.43. The first-order chi connectivity index (χ1) is 11.4. The van der Waals surface area contributed by atoms with Crippen LogP contribution in [-0.2, 0) is 11.3 Å². The predicted molar refractivity (Wildman–Crippen MR) is 98.3 cm³/mol. The van der Waals surface area contributed by atoms with Gasteiger partial charge in [-0.25, -0.2) is 0 Å². The number of carbonyl (C=O) groups is 1. The summed E-state index contributed by atoms with van der Waals surface area (Å²) >= 11 is 0. The first-order valence-corrected chi connectivity index (χ1v) is 8.42. The van der Waals surface area contributed by atoms with E-state index in [4.69, 9.17) is 4.74 Å². The molecule has 0 N–H and O–H groups in total. The molecule has 0 aliphatic rings. The van der Waals surface area contributed by atoms with Crippen LogP contribution in [0.5, 0.6) is 5.75 Å². The minimum absolute atomic E-state index is 0.00600. The van der Waals surface area contributed by atoms with Crippen molar-refractivity contribution in [1.82, 2.24) is 4.90 Å². The Bertz CT molecular complexity index is 692. The number of amides is 1. The minimum Gasteiger partial charge on any atom is -0.483 e. The summed E-state index contributed by atoms with van der Waals surface area (Å²) in [5.41, 5.74) is 4.60. The number of benzene rings is 2. The molecule has 0 aliphatic heterocycles. The van der Waals surface area contributed by atoms with Crippen LogP contribution in [0.4, 0.5) is 0 Å². The topological polar surface area (TPSA) is 29.5 Å². The van der Waals surface area contributed by atoms with Crippen LogP contribution in [0.2, 0.25) is 0 Å². The summed E-state index contributed by atoms with van der Waals surface area (Å²) < 4.78 is 5.81. The lowest BCUT2D eigenvalue weighted by molar-refractivity contribution is -0.135. The average molecular weight is 325 g/mol. The number of hydrogen-bond donors (Lipinski definition) is 0. The first-order valence-electron chi connectivity index (χ1n) is 8.42. The molecule has 0 aliphatic carbocycles. The Labute approximate surface area is 145 Å². The zero-order chi connectivity index (χ0) is 17.7. The molecule has 128 valence electrons. The zero-order valence-corrected chi connectivity index (χ0v) is 15.3. The molecule has 24 heavy (non-hydrogen) atoms. The van der Waals surface area contributed by atoms with E-state index in [0.717, 1.165) is 16.9 Å². The van der Waals surface area contributed by atoms with Gasteiger partial charge in [-0.15, -0.1) is 0 Å². The highest BCUT2D eigenvalue weighted by Crippen LogP contribution is 2.22. The Kier molecular flexibility index (Phi) is 6.02. The Morgan fingerprint density at radius 1 is 1.00 bits per heavy atom. The van der Waals surface area contributed by atoms with E-state index in [0.29, 0.717) is 6.54 Å². The number of hydrogen-bond acceptors (Lipinski definition) is 2. The highest BCUT2D eigenvalue weighted by molar-refractivity contribution is 5.78. The van der Waals surface area contributed by atoms with E-state index in [2.05, 4.69) is 19.9 Å². The molecule has 2 aromatic carbocycles. The van der Waals surface area contributed by atoms with Gasteiger partial charge in [-0.1, -0.05) is 36.4 Å². The Morgan fingerprint density at radius 2 is 1.62 bits per heavy atom. The molecule has 0 fully saturated rings. The normalized spacial score (nSPS) is 10.8. The molecular formula is C21H27NO2. The Morgan fingerprint density at radius 3 is 2.25 bits per heavy atom. The van der Waals surface area contributed by atoms with Crippen molar-refractivity contribution in [2.75, 3.05) is 6.61 Å². The second kappa shape index (κ2) is 8.00. The van der Waals surface area contributed by atoms with Crippen molar-refractivity contribution in [3.8, 4) is 5.75 Å². The van der Waals surface area contributed by atoms with Gasteiger partial charge in [0.15, 0.2) is 6.61 Å². The molecule has 0 atom stereocenters. The number of carbonyl (C=O) groups excluding carboxylic acids is 1. The van der Waals surface area contributed by atoms with Crippen LogP contribution in [0.1, 0.15) is 36.1 Å². The smallest absolute Gasteiger partial charge is 0.261 e. The SMILES string of the molecule is Cc1cc(C)c(OCC(=O)N(Cc2ccccc2)C(C)C)cc1C. The van der Waals surface area contributed by atoms with Crippen molar-refractivity contribution in [3.05, 3.63) is 64.7 Å². The average Bonchev–Trinajstić information content (AvgIpc) is 2.55. The lowest BCUT2D eigenvalue weighted by atomic mass is 10.1. The van der Waals surface area contributed by atoms with E-state index in [1.54, 1.807) is 0 Å². The van der Waals surface area contributed by atoms with Crippen LogP contribution >= 0.6 is 0 Å².